The Morgan fingerprint density at radius 3 is 2.51 bits per heavy atom. The molecule has 3 aromatic heterocycles. The Hall–Kier alpha value is -6.45. The number of thiazole rings is 1. The number of anilines is 1. The summed E-state index contributed by atoms with van der Waals surface area (Å²) >= 11 is 1.57. The molecule has 3 aromatic carbocycles. The van der Waals surface area contributed by atoms with Crippen LogP contribution in [0.15, 0.2) is 60.2 Å². The van der Waals surface area contributed by atoms with Gasteiger partial charge in [0.15, 0.2) is 5.82 Å². The first-order valence-corrected chi connectivity index (χ1v) is 27.9. The second-order valence-corrected chi connectivity index (χ2v) is 23.4. The fraction of sp³-hybridized carbons (Fsp3) is 0.500. The predicted octanol–water partition coefficient (Wildman–Crippen LogP) is 7.65. The van der Waals surface area contributed by atoms with Gasteiger partial charge in [0, 0.05) is 63.2 Å². The molecule has 3 saturated heterocycles. The van der Waals surface area contributed by atoms with Gasteiger partial charge in [-0.1, -0.05) is 58.0 Å². The zero-order chi connectivity index (χ0) is 55.6. The van der Waals surface area contributed by atoms with Gasteiger partial charge < -0.3 is 50.1 Å². The number of phenols is 1. The van der Waals surface area contributed by atoms with Gasteiger partial charge in [0.05, 0.1) is 59.0 Å². The number of halogens is 2. The minimum Gasteiger partial charge on any atom is -0.508 e. The number of piperidine rings is 1. The Morgan fingerprint density at radius 1 is 1.01 bits per heavy atom. The summed E-state index contributed by atoms with van der Waals surface area (Å²) in [5, 5.41) is 39.7. The highest BCUT2D eigenvalue weighted by molar-refractivity contribution is 7.13. The fourth-order valence-corrected chi connectivity index (χ4v) is 11.9. The second-order valence-electron chi connectivity index (χ2n) is 22.5. The van der Waals surface area contributed by atoms with Crippen molar-refractivity contribution in [2.45, 2.75) is 117 Å². The lowest BCUT2D eigenvalue weighted by molar-refractivity contribution is -0.144. The number of carbonyl (C=O) groups excluding carboxylic acids is 3. The number of aliphatic hydroxyl groups is 2. The van der Waals surface area contributed by atoms with Crippen molar-refractivity contribution in [3.63, 3.8) is 0 Å². The summed E-state index contributed by atoms with van der Waals surface area (Å²) in [6.07, 6.45) is 3.08. The number of rotatable bonds is 18. The van der Waals surface area contributed by atoms with Crippen LogP contribution in [-0.4, -0.2) is 146 Å². The molecule has 3 aliphatic heterocycles. The van der Waals surface area contributed by atoms with Gasteiger partial charge in [-0.15, -0.1) is 11.3 Å². The Labute approximate surface area is 457 Å². The fourth-order valence-electron chi connectivity index (χ4n) is 11.1. The van der Waals surface area contributed by atoms with E-state index in [1.54, 1.807) is 24.3 Å². The number of benzene rings is 3. The van der Waals surface area contributed by atoms with Gasteiger partial charge in [0.25, 0.3) is 0 Å². The predicted molar refractivity (Wildman–Crippen MR) is 295 cm³/mol. The third-order valence-corrected chi connectivity index (χ3v) is 16.3. The summed E-state index contributed by atoms with van der Waals surface area (Å²) in [6, 6.07) is 11.4. The van der Waals surface area contributed by atoms with Crippen LogP contribution >= 0.6 is 11.3 Å². The monoisotopic (exact) mass is 1090 g/mol. The van der Waals surface area contributed by atoms with E-state index in [0.717, 1.165) is 34.7 Å². The van der Waals surface area contributed by atoms with E-state index in [1.165, 1.54) is 29.3 Å². The van der Waals surface area contributed by atoms with Crippen LogP contribution in [0, 0.1) is 29.9 Å². The Kier molecular flexibility index (Phi) is 16.9. The molecule has 6 atom stereocenters. The maximum atomic E-state index is 17.1. The topological polar surface area (TPSA) is 216 Å². The van der Waals surface area contributed by atoms with Crippen molar-refractivity contribution in [2.75, 3.05) is 64.0 Å². The first kappa shape index (κ1) is 56.3. The van der Waals surface area contributed by atoms with Crippen molar-refractivity contribution < 1.29 is 48.0 Å². The number of nitrogens with one attached hydrogen (secondary N) is 2. The molecular formula is C58H71F2N9O8S. The zero-order valence-corrected chi connectivity index (χ0v) is 46.3. The van der Waals surface area contributed by atoms with Gasteiger partial charge in [-0.3, -0.25) is 19.4 Å². The summed E-state index contributed by atoms with van der Waals surface area (Å²) in [7, 11) is 0. The summed E-state index contributed by atoms with van der Waals surface area (Å²) in [4.78, 5) is 66.2. The summed E-state index contributed by atoms with van der Waals surface area (Å²) in [5.74, 6) is -2.08. The minimum atomic E-state index is -1.01. The molecule has 0 saturated carbocycles. The molecule has 0 spiro atoms. The first-order valence-electron chi connectivity index (χ1n) is 27.0. The van der Waals surface area contributed by atoms with Crippen LogP contribution in [-0.2, 0) is 25.5 Å². The number of ether oxygens (including phenoxy) is 2. The van der Waals surface area contributed by atoms with E-state index in [9.17, 15) is 29.7 Å². The van der Waals surface area contributed by atoms with E-state index in [4.69, 9.17) is 14.5 Å². The molecular weight excluding hydrogens is 1020 g/mol. The smallest absolute Gasteiger partial charge is 0.319 e. The Bertz CT molecular complexity index is 3170. The molecule has 6 heterocycles. The number of aromatic nitrogens is 4. The molecule has 0 bridgehead atoms. The van der Waals surface area contributed by atoms with Crippen molar-refractivity contribution in [3.8, 4) is 33.5 Å². The van der Waals surface area contributed by atoms with E-state index in [0.29, 0.717) is 73.0 Å². The van der Waals surface area contributed by atoms with Crippen LogP contribution in [0.3, 0.4) is 0 Å². The van der Waals surface area contributed by atoms with Gasteiger partial charge in [0.2, 0.25) is 17.7 Å². The van der Waals surface area contributed by atoms with E-state index in [2.05, 4.69) is 30.5 Å². The lowest BCUT2D eigenvalue weighted by Crippen LogP contribution is -2.58. The number of aryl methyl sites for hydroxylation is 2. The average Bonchev–Trinajstić information content (AvgIpc) is 4.18. The molecule has 0 radical (unpaired) electrons. The van der Waals surface area contributed by atoms with Crippen LogP contribution in [0.2, 0.25) is 0 Å². The highest BCUT2D eigenvalue weighted by Crippen LogP contribution is 2.40. The summed E-state index contributed by atoms with van der Waals surface area (Å²) in [6.45, 7) is 16.5. The molecule has 416 valence electrons. The number of fused-ring (bicyclic) bond motifs is 2. The third kappa shape index (κ3) is 12.5. The number of likely N-dealkylation sites (tertiary alicyclic amines) is 2. The number of hydrogen-bond donors (Lipinski definition) is 5. The second kappa shape index (κ2) is 23.5. The lowest BCUT2D eigenvalue weighted by atomic mass is 9.85. The molecule has 17 nitrogen and oxygen atoms in total. The maximum absolute atomic E-state index is 17.1. The van der Waals surface area contributed by atoms with Crippen molar-refractivity contribution in [3.05, 3.63) is 88.7 Å². The number of phenolic OH excluding ortho intramolecular Hbond substituents is 1. The number of aliphatic hydroxyl groups excluding tert-OH is 1. The van der Waals surface area contributed by atoms with Gasteiger partial charge in [-0.2, -0.15) is 9.97 Å². The Balaban J connectivity index is 0.781. The zero-order valence-electron chi connectivity index (χ0n) is 45.4. The molecule has 5 N–H and O–H groups in total. The van der Waals surface area contributed by atoms with Gasteiger partial charge in [0.1, 0.15) is 40.7 Å². The van der Waals surface area contributed by atoms with Crippen molar-refractivity contribution in [1.82, 2.24) is 40.4 Å². The SMILES string of the molecule is CCc1c(F)ccc2cc(O)cc(-c3ncc4c(N5CCC[C@@](C)(O)C5)nc(OCC5CCN(CCOCCC(=O)N[C@H](C(=O)N6C[C@H](O)C[C@H]6C(=O)N[C@@H](C)c6ccc(-c7scnc7C)cc6)C(C)(C)C)C5)nc4c3F)c12. The number of β-amino-alcohol motifs (C(OH)–C–C–N with tert-alkyl or cyclic N) is 2. The van der Waals surface area contributed by atoms with Crippen LogP contribution in [0.25, 0.3) is 43.4 Å². The van der Waals surface area contributed by atoms with E-state index in [1.807, 2.05) is 76.2 Å². The van der Waals surface area contributed by atoms with Gasteiger partial charge in [-0.25, -0.2) is 13.8 Å². The molecule has 20 heteroatoms. The highest BCUT2D eigenvalue weighted by Gasteiger charge is 2.45. The normalized spacial score (nSPS) is 20.8. The molecule has 0 aliphatic carbocycles. The number of amides is 3. The van der Waals surface area contributed by atoms with Crippen LogP contribution in [0.5, 0.6) is 11.8 Å². The molecule has 3 aliphatic rings. The highest BCUT2D eigenvalue weighted by atomic mass is 32.1. The van der Waals surface area contributed by atoms with Crippen LogP contribution < -0.4 is 20.3 Å². The standard InChI is InChI=1S/C58H71F2N9O8S/c1-8-41-44(59)15-14-38-24-39(70)25-42(47(38)41)49-48(60)50-43(27-61-49)53(68-19-9-18-58(7,75)31-68)66-56(65-50)77-30-35-16-20-67(28-35)21-23-76-22-17-46(72)64-52(57(4,5)6)55(74)69-29-40(71)26-45(69)54(73)63-33(2)36-10-12-37(13-11-36)51-34(3)62-32-78-51/h10-15,24-25,27,32-33,35,40,45,52,70-71,75H,8-9,16-23,26,28-31H2,1-7H3,(H,63,73)(H,64,72)/t33-,35?,40+,45-,52+,58+/m0/s1. The molecule has 3 fully saturated rings. The lowest BCUT2D eigenvalue weighted by Gasteiger charge is -2.37. The van der Waals surface area contributed by atoms with Crippen molar-refractivity contribution >= 4 is 56.6 Å². The Morgan fingerprint density at radius 2 is 1.79 bits per heavy atom. The molecule has 9 rings (SSSR count). The number of carbonyl (C=O) groups is 3. The van der Waals surface area contributed by atoms with Crippen molar-refractivity contribution in [1.29, 1.82) is 0 Å². The molecule has 6 aromatic rings. The first-order chi connectivity index (χ1) is 37.2. The number of pyridine rings is 1. The number of hydrogen-bond acceptors (Lipinski definition) is 15. The van der Waals surface area contributed by atoms with Crippen LogP contribution in [0.4, 0.5) is 14.6 Å². The average molecular weight is 1090 g/mol. The minimum absolute atomic E-state index is 0.00530. The van der Waals surface area contributed by atoms with E-state index in [-0.39, 0.29) is 91.5 Å². The molecule has 1 unspecified atom stereocenters. The van der Waals surface area contributed by atoms with E-state index < -0.39 is 46.7 Å². The quantitative estimate of drug-likeness (QED) is 0.0523. The summed E-state index contributed by atoms with van der Waals surface area (Å²) < 4.78 is 44.4. The molecule has 3 amide bonds. The largest absolute Gasteiger partial charge is 0.508 e. The maximum Gasteiger partial charge on any atom is 0.319 e. The van der Waals surface area contributed by atoms with Crippen LogP contribution in [0.1, 0.15) is 96.5 Å². The number of aromatic hydroxyl groups is 1. The number of nitrogens with zero attached hydrogens (tertiary/aromatic N) is 7. The van der Waals surface area contributed by atoms with Crippen molar-refractivity contribution in [2.24, 2.45) is 11.3 Å². The third-order valence-electron chi connectivity index (χ3n) is 15.3. The molecule has 78 heavy (non-hydrogen) atoms. The van der Waals surface area contributed by atoms with Gasteiger partial charge in [-0.05, 0) is 104 Å². The van der Waals surface area contributed by atoms with E-state index >= 15 is 8.78 Å². The summed E-state index contributed by atoms with van der Waals surface area (Å²) in [5.41, 5.74) is 3.41. The van der Waals surface area contributed by atoms with Gasteiger partial charge >= 0.3 is 6.01 Å².